The molecule has 0 spiro atoms. The van der Waals surface area contributed by atoms with Crippen LogP contribution in [0.3, 0.4) is 0 Å². The monoisotopic (exact) mass is 383 g/mol. The molecule has 0 aromatic heterocycles. The lowest BCUT2D eigenvalue weighted by Gasteiger charge is -2.23. The number of benzene rings is 2. The first-order valence-electron chi connectivity index (χ1n) is 8.85. The minimum Gasteiger partial charge on any atom is -0.494 e. The number of halogens is 1. The highest BCUT2D eigenvalue weighted by molar-refractivity contribution is 6.32. The van der Waals surface area contributed by atoms with Gasteiger partial charge in [-0.1, -0.05) is 28.8 Å². The number of aliphatic hydroxyl groups is 1. The van der Waals surface area contributed by atoms with Crippen molar-refractivity contribution in [2.24, 2.45) is 15.3 Å². The van der Waals surface area contributed by atoms with E-state index in [1.165, 1.54) is 0 Å². The highest BCUT2D eigenvalue weighted by Crippen LogP contribution is 2.46. The average Bonchev–Trinajstić information content (AvgIpc) is 3.04. The molecule has 2 aliphatic rings. The van der Waals surface area contributed by atoms with E-state index in [9.17, 15) is 0 Å². The molecular formula is C20H20ClN4O2+. The van der Waals surface area contributed by atoms with Crippen LogP contribution in [0.1, 0.15) is 24.0 Å². The molecule has 1 unspecified atom stereocenters. The van der Waals surface area contributed by atoms with Crippen LogP contribution in [0.2, 0.25) is 5.02 Å². The van der Waals surface area contributed by atoms with E-state index in [1.807, 2.05) is 49.5 Å². The van der Waals surface area contributed by atoms with Crippen molar-refractivity contribution in [2.75, 3.05) is 20.3 Å². The molecule has 2 aliphatic heterocycles. The first-order chi connectivity index (χ1) is 13.1. The molecule has 6 nitrogen and oxygen atoms in total. The first kappa shape index (κ1) is 17.9. The van der Waals surface area contributed by atoms with Crippen LogP contribution in [0.25, 0.3) is 11.4 Å². The third-order valence-corrected chi connectivity index (χ3v) is 4.93. The largest absolute Gasteiger partial charge is 0.494 e. The minimum atomic E-state index is 0.157. The lowest BCUT2D eigenvalue weighted by molar-refractivity contribution is -0.746. The second-order valence-corrected chi connectivity index (χ2v) is 7.00. The van der Waals surface area contributed by atoms with Gasteiger partial charge in [0.15, 0.2) is 5.70 Å². The summed E-state index contributed by atoms with van der Waals surface area (Å²) in [6, 6.07) is 13.5. The number of ether oxygens (including phenoxy) is 1. The number of rotatable bonds is 6. The molecule has 1 atom stereocenters. The average molecular weight is 384 g/mol. The Morgan fingerprint density at radius 2 is 1.96 bits per heavy atom. The van der Waals surface area contributed by atoms with Crippen LogP contribution in [0, 0.1) is 0 Å². The van der Waals surface area contributed by atoms with E-state index >= 15 is 0 Å². The maximum Gasteiger partial charge on any atom is 0.223 e. The Balaban J connectivity index is 1.76. The smallest absolute Gasteiger partial charge is 0.223 e. The van der Waals surface area contributed by atoms with E-state index in [0.717, 1.165) is 46.8 Å². The molecule has 0 radical (unpaired) electrons. The summed E-state index contributed by atoms with van der Waals surface area (Å²) in [7, 11) is 1.94. The maximum absolute atomic E-state index is 8.89. The normalized spacial score (nSPS) is 20.0. The van der Waals surface area contributed by atoms with Gasteiger partial charge >= 0.3 is 0 Å². The van der Waals surface area contributed by atoms with Gasteiger partial charge in [0.05, 0.1) is 22.9 Å². The van der Waals surface area contributed by atoms with Gasteiger partial charge in [0.1, 0.15) is 12.8 Å². The zero-order chi connectivity index (χ0) is 18.9. The van der Waals surface area contributed by atoms with Gasteiger partial charge in [-0.05, 0) is 43.2 Å². The van der Waals surface area contributed by atoms with Crippen LogP contribution >= 0.6 is 11.6 Å². The maximum atomic E-state index is 8.89. The Labute approximate surface area is 162 Å². The number of para-hydroxylation sites is 1. The molecule has 0 amide bonds. The summed E-state index contributed by atoms with van der Waals surface area (Å²) in [4.78, 5) is 4.51. The number of aliphatic hydroxyl groups excluding tert-OH is 1. The van der Waals surface area contributed by atoms with Crippen molar-refractivity contribution in [3.8, 4) is 5.75 Å². The van der Waals surface area contributed by atoms with Gasteiger partial charge < -0.3 is 9.84 Å². The lowest BCUT2D eigenvalue weighted by Crippen LogP contribution is -2.34. The summed E-state index contributed by atoms with van der Waals surface area (Å²) in [5.74, 6) is 0.717. The highest BCUT2D eigenvalue weighted by Gasteiger charge is 2.42. The van der Waals surface area contributed by atoms with Crippen molar-refractivity contribution in [3.05, 3.63) is 58.6 Å². The van der Waals surface area contributed by atoms with Crippen molar-refractivity contribution < 1.29 is 14.4 Å². The first-order valence-corrected chi connectivity index (χ1v) is 9.23. The van der Waals surface area contributed by atoms with Crippen LogP contribution < -0.4 is 4.74 Å². The van der Waals surface area contributed by atoms with E-state index in [2.05, 4.69) is 15.3 Å². The predicted molar refractivity (Wildman–Crippen MR) is 106 cm³/mol. The number of hydrogen-bond donors (Lipinski definition) is 1. The number of fused-ring (bicyclic) bond motifs is 3. The van der Waals surface area contributed by atoms with Crippen molar-refractivity contribution in [1.82, 2.24) is 0 Å². The van der Waals surface area contributed by atoms with Gasteiger partial charge in [0.2, 0.25) is 12.0 Å². The van der Waals surface area contributed by atoms with Crippen molar-refractivity contribution >= 4 is 35.0 Å². The SMILES string of the molecule is C[N+]12C=Nc3ccccc3C1=C(c1cc(OCCCCO)ccc1Cl)N=N2. The number of aliphatic imine (C=N–C) groups is 1. The summed E-state index contributed by atoms with van der Waals surface area (Å²) in [6.45, 7) is 0.710. The van der Waals surface area contributed by atoms with Gasteiger partial charge in [0.25, 0.3) is 0 Å². The van der Waals surface area contributed by atoms with Gasteiger partial charge in [-0.2, -0.15) is 0 Å². The number of nitrogens with zero attached hydrogens (tertiary/aromatic N) is 4. The standard InChI is InChI=1S/C20H20ClN4O2/c1-25-13-22-18-7-3-2-6-15(18)20(25)19(23-24-25)16-12-14(8-9-17(16)21)27-11-5-4-10-26/h2-3,6-9,12-13,26H,4-5,10-11H2,1H3/q+1. The molecule has 0 saturated carbocycles. The van der Waals surface area contributed by atoms with E-state index in [1.54, 1.807) is 6.34 Å². The molecule has 0 aliphatic carbocycles. The zero-order valence-electron chi connectivity index (χ0n) is 15.0. The van der Waals surface area contributed by atoms with Gasteiger partial charge in [0, 0.05) is 17.4 Å². The molecule has 4 rings (SSSR count). The molecule has 0 bridgehead atoms. The Hall–Kier alpha value is -2.54. The van der Waals surface area contributed by atoms with Crippen LogP contribution in [-0.4, -0.2) is 36.3 Å². The van der Waals surface area contributed by atoms with Crippen LogP contribution in [0.5, 0.6) is 5.75 Å². The lowest BCUT2D eigenvalue weighted by atomic mass is 10.0. The number of hydrogen-bond acceptors (Lipinski definition) is 5. The van der Waals surface area contributed by atoms with Crippen molar-refractivity contribution in [2.45, 2.75) is 12.8 Å². The molecule has 27 heavy (non-hydrogen) atoms. The summed E-state index contributed by atoms with van der Waals surface area (Å²) in [5, 5.41) is 18.3. The minimum absolute atomic E-state index is 0.157. The Kier molecular flexibility index (Phi) is 4.78. The molecule has 2 heterocycles. The second-order valence-electron chi connectivity index (χ2n) is 6.60. The van der Waals surface area contributed by atoms with Gasteiger partial charge in [-0.3, -0.25) is 0 Å². The molecule has 0 saturated heterocycles. The highest BCUT2D eigenvalue weighted by atomic mass is 35.5. The third-order valence-electron chi connectivity index (χ3n) is 4.60. The van der Waals surface area contributed by atoms with E-state index in [0.29, 0.717) is 11.6 Å². The molecule has 0 fully saturated rings. The Morgan fingerprint density at radius 3 is 2.81 bits per heavy atom. The second kappa shape index (κ2) is 7.23. The van der Waals surface area contributed by atoms with Crippen molar-refractivity contribution in [1.29, 1.82) is 0 Å². The summed E-state index contributed by atoms with van der Waals surface area (Å²) in [6.07, 6.45) is 3.29. The molecule has 138 valence electrons. The fourth-order valence-electron chi connectivity index (χ4n) is 3.22. The summed E-state index contributed by atoms with van der Waals surface area (Å²) >= 11 is 6.50. The van der Waals surface area contributed by atoms with Crippen LogP contribution in [0.4, 0.5) is 5.69 Å². The van der Waals surface area contributed by atoms with E-state index in [4.69, 9.17) is 21.4 Å². The fourth-order valence-corrected chi connectivity index (χ4v) is 3.43. The number of unbranched alkanes of at least 4 members (excludes halogenated alkanes) is 1. The van der Waals surface area contributed by atoms with E-state index < -0.39 is 0 Å². The molecule has 7 heteroatoms. The van der Waals surface area contributed by atoms with Crippen LogP contribution in [0.15, 0.2) is 57.8 Å². The topological polar surface area (TPSA) is 66.5 Å². The Bertz CT molecular complexity index is 970. The quantitative estimate of drug-likeness (QED) is 0.574. The molecule has 1 N–H and O–H groups in total. The number of quaternary nitrogens is 1. The molecule has 2 aromatic rings. The van der Waals surface area contributed by atoms with Gasteiger partial charge in [-0.15, -0.1) is 4.59 Å². The van der Waals surface area contributed by atoms with Gasteiger partial charge in [-0.25, -0.2) is 4.99 Å². The summed E-state index contributed by atoms with van der Waals surface area (Å²) in [5.41, 5.74) is 4.33. The Morgan fingerprint density at radius 1 is 1.11 bits per heavy atom. The fraction of sp³-hybridized carbons (Fsp3) is 0.250. The van der Waals surface area contributed by atoms with Crippen molar-refractivity contribution in [3.63, 3.8) is 0 Å². The zero-order valence-corrected chi connectivity index (χ0v) is 15.7. The molecular weight excluding hydrogens is 364 g/mol. The summed E-state index contributed by atoms with van der Waals surface area (Å²) < 4.78 is 5.95. The van der Waals surface area contributed by atoms with E-state index in [-0.39, 0.29) is 11.2 Å². The molecule has 2 aromatic carbocycles. The predicted octanol–water partition coefficient (Wildman–Crippen LogP) is 4.82. The third kappa shape index (κ3) is 3.27. The van der Waals surface area contributed by atoms with Crippen LogP contribution in [-0.2, 0) is 0 Å².